The van der Waals surface area contributed by atoms with E-state index in [4.69, 9.17) is 9.47 Å². The van der Waals surface area contributed by atoms with Gasteiger partial charge in [-0.25, -0.2) is 4.79 Å². The monoisotopic (exact) mass is 520 g/mol. The molecule has 6 aliphatic rings. The van der Waals surface area contributed by atoms with Crippen LogP contribution in [-0.2, 0) is 19.1 Å². The summed E-state index contributed by atoms with van der Waals surface area (Å²) in [6.45, 7) is 8.47. The number of Topliss-reactive ketones (excluding diaryl/α,β-unsaturated/α-hetero) is 1. The summed E-state index contributed by atoms with van der Waals surface area (Å²) in [5.41, 5.74) is -8.05. The lowest BCUT2D eigenvalue weighted by Gasteiger charge is -2.66. The third kappa shape index (κ3) is 2.58. The Balaban J connectivity index is 1.40. The number of carbonyl (C=O) groups is 2. The zero-order valence-electron chi connectivity index (χ0n) is 22.3. The van der Waals surface area contributed by atoms with Crippen LogP contribution in [0.15, 0.2) is 11.1 Å². The van der Waals surface area contributed by atoms with Crippen LogP contribution in [-0.4, -0.2) is 84.1 Å². The number of ketones is 1. The van der Waals surface area contributed by atoms with Crippen LogP contribution < -0.4 is 0 Å². The highest BCUT2D eigenvalue weighted by Gasteiger charge is 2.82. The molecule has 1 saturated heterocycles. The van der Waals surface area contributed by atoms with Crippen LogP contribution >= 0.6 is 0 Å². The van der Waals surface area contributed by atoms with E-state index in [-0.39, 0.29) is 44.3 Å². The van der Waals surface area contributed by atoms with Gasteiger partial charge < -0.3 is 35.0 Å². The van der Waals surface area contributed by atoms with Crippen molar-refractivity contribution in [2.75, 3.05) is 0 Å². The molecule has 0 aromatic rings. The molecule has 206 valence electrons. The zero-order chi connectivity index (χ0) is 27.1. The molecule has 0 amide bonds. The van der Waals surface area contributed by atoms with Crippen molar-refractivity contribution in [2.45, 2.75) is 126 Å². The van der Waals surface area contributed by atoms with Crippen molar-refractivity contribution in [2.24, 2.45) is 22.7 Å². The second-order valence-corrected chi connectivity index (χ2v) is 13.5. The van der Waals surface area contributed by atoms with E-state index in [9.17, 15) is 35.1 Å². The minimum Gasteiger partial charge on any atom is -0.455 e. The number of aliphatic hydroxyl groups excluding tert-OH is 1. The largest absolute Gasteiger partial charge is 0.455 e. The van der Waals surface area contributed by atoms with Crippen molar-refractivity contribution in [1.29, 1.82) is 0 Å². The number of rotatable bonds is 2. The van der Waals surface area contributed by atoms with Crippen LogP contribution in [0.25, 0.3) is 0 Å². The van der Waals surface area contributed by atoms with Gasteiger partial charge in [0.1, 0.15) is 34.8 Å². The van der Waals surface area contributed by atoms with Crippen molar-refractivity contribution in [1.82, 2.24) is 0 Å². The standard InChI is InChI=1S/C28H40O9/c1-13-10-19(37-22(31)14(13)2)25(5,32)27(34)9-8-26(33)16-11-20-28(35)21(30)17(36-20)12-18(29)24(28,4)15(16)6-7-23(26,27)3/h15-17,19-21,30,32-35H,6-12H2,1-5H3. The average Bonchev–Trinajstić information content (AvgIpc) is 3.19. The second-order valence-electron chi connectivity index (χ2n) is 13.5. The van der Waals surface area contributed by atoms with E-state index in [1.165, 1.54) is 6.92 Å². The zero-order valence-corrected chi connectivity index (χ0v) is 22.3. The van der Waals surface area contributed by atoms with Crippen LogP contribution in [0.1, 0.15) is 79.6 Å². The van der Waals surface area contributed by atoms with Gasteiger partial charge in [-0.05, 0) is 71.6 Å². The van der Waals surface area contributed by atoms with Crippen LogP contribution in [0, 0.1) is 22.7 Å². The molecular weight excluding hydrogens is 480 g/mol. The number of hydrogen-bond acceptors (Lipinski definition) is 9. The molecule has 0 aromatic heterocycles. The highest BCUT2D eigenvalue weighted by molar-refractivity contribution is 5.90. The van der Waals surface area contributed by atoms with Crippen LogP contribution in [0.2, 0.25) is 0 Å². The smallest absolute Gasteiger partial charge is 0.334 e. The molecule has 0 radical (unpaired) electrons. The molecule has 12 atom stereocenters. The van der Waals surface area contributed by atoms with Crippen molar-refractivity contribution in [3.8, 4) is 0 Å². The lowest BCUT2D eigenvalue weighted by atomic mass is 9.40. The molecule has 2 bridgehead atoms. The van der Waals surface area contributed by atoms with Gasteiger partial charge in [-0.2, -0.15) is 0 Å². The molecular formula is C28H40O9. The number of esters is 1. The third-order valence-corrected chi connectivity index (χ3v) is 12.6. The van der Waals surface area contributed by atoms with Gasteiger partial charge in [0.2, 0.25) is 0 Å². The van der Waals surface area contributed by atoms with Crippen molar-refractivity contribution < 1.29 is 44.6 Å². The fourth-order valence-electron chi connectivity index (χ4n) is 9.84. The van der Waals surface area contributed by atoms with E-state index >= 15 is 0 Å². The predicted molar refractivity (Wildman–Crippen MR) is 129 cm³/mol. The summed E-state index contributed by atoms with van der Waals surface area (Å²) in [5, 5.41) is 59.5. The Morgan fingerprint density at radius 1 is 1.00 bits per heavy atom. The first-order chi connectivity index (χ1) is 17.0. The van der Waals surface area contributed by atoms with E-state index in [2.05, 4.69) is 0 Å². The Bertz CT molecular complexity index is 1110. The minimum absolute atomic E-state index is 0.0212. The summed E-state index contributed by atoms with van der Waals surface area (Å²) in [7, 11) is 0. The summed E-state index contributed by atoms with van der Waals surface area (Å²) in [6, 6.07) is 0. The van der Waals surface area contributed by atoms with Crippen molar-refractivity contribution in [3.05, 3.63) is 11.1 Å². The second kappa shape index (κ2) is 7.23. The summed E-state index contributed by atoms with van der Waals surface area (Å²) in [5.74, 6) is -1.62. The minimum atomic E-state index is -1.86. The Kier molecular flexibility index (Phi) is 5.06. The first-order valence-electron chi connectivity index (χ1n) is 13.6. The first-order valence-corrected chi connectivity index (χ1v) is 13.6. The van der Waals surface area contributed by atoms with E-state index in [0.29, 0.717) is 12.0 Å². The summed E-state index contributed by atoms with van der Waals surface area (Å²) in [6.07, 6.45) is -2.24. The molecule has 5 N–H and O–H groups in total. The van der Waals surface area contributed by atoms with Gasteiger partial charge in [0, 0.05) is 23.8 Å². The normalized spacial score (nSPS) is 56.5. The van der Waals surface area contributed by atoms with Crippen LogP contribution in [0.3, 0.4) is 0 Å². The summed E-state index contributed by atoms with van der Waals surface area (Å²) in [4.78, 5) is 26.0. The molecule has 9 heteroatoms. The Morgan fingerprint density at radius 2 is 1.68 bits per heavy atom. The van der Waals surface area contributed by atoms with Gasteiger partial charge in [0.15, 0.2) is 0 Å². The fraction of sp³-hybridized carbons (Fsp3) is 0.857. The van der Waals surface area contributed by atoms with Gasteiger partial charge in [0.25, 0.3) is 0 Å². The number of hydrogen-bond donors (Lipinski definition) is 5. The number of ether oxygens (including phenoxy) is 2. The fourth-order valence-corrected chi connectivity index (χ4v) is 9.84. The predicted octanol–water partition coefficient (Wildman–Crippen LogP) is 0.920. The molecule has 0 spiro atoms. The Labute approximate surface area is 216 Å². The van der Waals surface area contributed by atoms with Gasteiger partial charge in [-0.1, -0.05) is 12.5 Å². The van der Waals surface area contributed by atoms with Crippen LogP contribution in [0.5, 0.6) is 0 Å². The van der Waals surface area contributed by atoms with Gasteiger partial charge in [-0.15, -0.1) is 0 Å². The van der Waals surface area contributed by atoms with Crippen LogP contribution in [0.4, 0.5) is 0 Å². The molecule has 4 saturated carbocycles. The average molecular weight is 521 g/mol. The van der Waals surface area contributed by atoms with Gasteiger partial charge in [-0.3, -0.25) is 4.79 Å². The molecule has 37 heavy (non-hydrogen) atoms. The maximum absolute atomic E-state index is 13.5. The van der Waals surface area contributed by atoms with Gasteiger partial charge in [0.05, 0.1) is 23.2 Å². The highest BCUT2D eigenvalue weighted by Crippen LogP contribution is 2.73. The van der Waals surface area contributed by atoms with Crippen molar-refractivity contribution >= 4 is 11.8 Å². The SMILES string of the molecule is CC1=C(C)C(=O)OC(C(C)(O)C2(O)CCC3(O)C4CC5OC6CC(=O)C(C)(C4CCC32C)C5(O)C6O)C1. The van der Waals surface area contributed by atoms with E-state index < -0.39 is 75.5 Å². The molecule has 4 aliphatic carbocycles. The molecule has 9 nitrogen and oxygen atoms in total. The van der Waals surface area contributed by atoms with E-state index in [0.717, 1.165) is 5.57 Å². The molecule has 6 rings (SSSR count). The summed E-state index contributed by atoms with van der Waals surface area (Å²) >= 11 is 0. The number of carbonyl (C=O) groups excluding carboxylic acids is 2. The van der Waals surface area contributed by atoms with Gasteiger partial charge >= 0.3 is 5.97 Å². The number of cyclic esters (lactones) is 1. The van der Waals surface area contributed by atoms with Crippen molar-refractivity contribution in [3.63, 3.8) is 0 Å². The van der Waals surface area contributed by atoms with E-state index in [1.807, 2.05) is 6.92 Å². The topological polar surface area (TPSA) is 154 Å². The molecule has 5 fully saturated rings. The number of fused-ring (bicyclic) bond motifs is 5. The maximum atomic E-state index is 13.5. The van der Waals surface area contributed by atoms with E-state index in [1.54, 1.807) is 20.8 Å². The first kappa shape index (κ1) is 25.9. The Hall–Kier alpha value is -1.36. The maximum Gasteiger partial charge on any atom is 0.334 e. The lowest BCUT2D eigenvalue weighted by molar-refractivity contribution is -0.300. The molecule has 2 heterocycles. The number of aliphatic hydroxyl groups is 5. The highest BCUT2D eigenvalue weighted by atomic mass is 16.6. The molecule has 0 aromatic carbocycles. The molecule has 12 unspecified atom stereocenters. The quantitative estimate of drug-likeness (QED) is 0.335. The third-order valence-electron chi connectivity index (χ3n) is 12.6. The Morgan fingerprint density at radius 3 is 2.32 bits per heavy atom. The lowest BCUT2D eigenvalue weighted by Crippen LogP contribution is -2.77. The summed E-state index contributed by atoms with van der Waals surface area (Å²) < 4.78 is 11.6. The molecule has 2 aliphatic heterocycles.